The smallest absolute Gasteiger partial charge is 0.243 e. The van der Waals surface area contributed by atoms with Gasteiger partial charge in [-0.3, -0.25) is 9.59 Å². The van der Waals surface area contributed by atoms with Crippen LogP contribution in [0.3, 0.4) is 0 Å². The molecule has 1 aliphatic rings. The Morgan fingerprint density at radius 3 is 2.58 bits per heavy atom. The topological polar surface area (TPSA) is 97.1 Å². The van der Waals surface area contributed by atoms with Gasteiger partial charge in [-0.15, -0.1) is 0 Å². The first-order valence-corrected chi connectivity index (χ1v) is 8.62. The first kappa shape index (κ1) is 18.4. The predicted octanol–water partition coefficient (Wildman–Crippen LogP) is 1.72. The fourth-order valence-corrected chi connectivity index (χ4v) is 2.99. The largest absolute Gasteiger partial charge is 0.354 e. The number of amides is 2. The number of hydrogen-bond donors (Lipinski definition) is 2. The number of carbonyl (C=O) groups excluding carboxylic acids is 2. The summed E-state index contributed by atoms with van der Waals surface area (Å²) in [5.41, 5.74) is -0.384. The van der Waals surface area contributed by atoms with E-state index in [2.05, 4.69) is 34.6 Å². The number of aromatic nitrogens is 2. The molecule has 0 aliphatic carbocycles. The van der Waals surface area contributed by atoms with Gasteiger partial charge in [-0.2, -0.15) is 4.98 Å². The first-order valence-electron chi connectivity index (χ1n) is 8.62. The van der Waals surface area contributed by atoms with Crippen molar-refractivity contribution < 1.29 is 14.1 Å². The molecule has 1 aliphatic heterocycles. The van der Waals surface area contributed by atoms with Crippen LogP contribution in [0.2, 0.25) is 0 Å². The molecule has 0 bridgehead atoms. The van der Waals surface area contributed by atoms with Gasteiger partial charge in [0.25, 0.3) is 0 Å². The fourth-order valence-electron chi connectivity index (χ4n) is 2.99. The van der Waals surface area contributed by atoms with Crippen LogP contribution in [-0.2, 0) is 21.4 Å². The van der Waals surface area contributed by atoms with E-state index in [4.69, 9.17) is 4.52 Å². The Hall–Kier alpha value is -1.92. The van der Waals surface area contributed by atoms with Gasteiger partial charge in [0, 0.05) is 30.2 Å². The molecule has 0 saturated carbocycles. The van der Waals surface area contributed by atoms with Crippen LogP contribution in [0.5, 0.6) is 0 Å². The Kier molecular flexibility index (Phi) is 5.30. The summed E-state index contributed by atoms with van der Waals surface area (Å²) in [6.45, 7) is 10.7. The van der Waals surface area contributed by atoms with Gasteiger partial charge in [-0.05, 0) is 12.8 Å². The monoisotopic (exact) mass is 336 g/mol. The lowest BCUT2D eigenvalue weighted by atomic mass is 9.77. The van der Waals surface area contributed by atoms with Crippen molar-refractivity contribution in [3.05, 3.63) is 11.7 Å². The van der Waals surface area contributed by atoms with Crippen molar-refractivity contribution in [2.75, 3.05) is 6.54 Å². The van der Waals surface area contributed by atoms with Crippen LogP contribution in [0.15, 0.2) is 4.52 Å². The highest BCUT2D eigenvalue weighted by Crippen LogP contribution is 2.34. The second-order valence-corrected chi connectivity index (χ2v) is 7.55. The van der Waals surface area contributed by atoms with Crippen LogP contribution in [0.4, 0.5) is 0 Å². The number of aryl methyl sites for hydroxylation is 1. The van der Waals surface area contributed by atoms with E-state index >= 15 is 0 Å². The van der Waals surface area contributed by atoms with Gasteiger partial charge in [-0.25, -0.2) is 0 Å². The van der Waals surface area contributed by atoms with Gasteiger partial charge in [0.1, 0.15) is 6.04 Å². The molecule has 24 heavy (non-hydrogen) atoms. The summed E-state index contributed by atoms with van der Waals surface area (Å²) in [6, 6.07) is -0.465. The molecule has 1 saturated heterocycles. The molecule has 1 aromatic heterocycles. The lowest BCUT2D eigenvalue weighted by molar-refractivity contribution is -0.129. The number of nitrogens with zero attached hydrogens (tertiary/aromatic N) is 2. The summed E-state index contributed by atoms with van der Waals surface area (Å²) < 4.78 is 5.20. The molecule has 2 amide bonds. The SMILES string of the molecule is CCC1(CC)CNC(=O)C1NC(=O)CCc1nc(C(C)(C)C)no1. The van der Waals surface area contributed by atoms with Crippen molar-refractivity contribution in [1.29, 1.82) is 0 Å². The third-order valence-electron chi connectivity index (χ3n) is 4.91. The molecule has 0 radical (unpaired) electrons. The van der Waals surface area contributed by atoms with Crippen LogP contribution < -0.4 is 10.6 Å². The van der Waals surface area contributed by atoms with Crippen molar-refractivity contribution >= 4 is 11.8 Å². The summed E-state index contributed by atoms with van der Waals surface area (Å²) in [6.07, 6.45) is 2.27. The molecular weight excluding hydrogens is 308 g/mol. The highest BCUT2D eigenvalue weighted by atomic mass is 16.5. The number of nitrogens with one attached hydrogen (secondary N) is 2. The summed E-state index contributed by atoms with van der Waals surface area (Å²) in [5, 5.41) is 9.70. The minimum absolute atomic E-state index is 0.0974. The molecular formula is C17H28N4O3. The maximum atomic E-state index is 12.3. The van der Waals surface area contributed by atoms with E-state index in [1.807, 2.05) is 20.8 Å². The second kappa shape index (κ2) is 6.91. The third kappa shape index (κ3) is 3.76. The normalized spacial score (nSPS) is 20.0. The molecule has 1 unspecified atom stereocenters. The molecule has 134 valence electrons. The predicted molar refractivity (Wildman–Crippen MR) is 89.3 cm³/mol. The van der Waals surface area contributed by atoms with E-state index < -0.39 is 6.04 Å². The van der Waals surface area contributed by atoms with E-state index in [1.54, 1.807) is 0 Å². The van der Waals surface area contributed by atoms with Crippen LogP contribution in [0.1, 0.15) is 65.6 Å². The highest BCUT2D eigenvalue weighted by Gasteiger charge is 2.46. The van der Waals surface area contributed by atoms with Crippen LogP contribution in [0.25, 0.3) is 0 Å². The zero-order valence-corrected chi connectivity index (χ0v) is 15.2. The molecule has 0 aromatic carbocycles. The van der Waals surface area contributed by atoms with Gasteiger partial charge in [0.2, 0.25) is 17.7 Å². The Morgan fingerprint density at radius 2 is 2.04 bits per heavy atom. The van der Waals surface area contributed by atoms with Crippen molar-refractivity contribution in [3.63, 3.8) is 0 Å². The van der Waals surface area contributed by atoms with Gasteiger partial charge < -0.3 is 15.2 Å². The molecule has 1 aromatic rings. The van der Waals surface area contributed by atoms with Gasteiger partial charge in [-0.1, -0.05) is 39.8 Å². The summed E-state index contributed by atoms with van der Waals surface area (Å²) in [5.74, 6) is 0.811. The van der Waals surface area contributed by atoms with Crippen molar-refractivity contribution in [2.24, 2.45) is 5.41 Å². The van der Waals surface area contributed by atoms with Crippen LogP contribution >= 0.6 is 0 Å². The van der Waals surface area contributed by atoms with Gasteiger partial charge in [0.05, 0.1) is 0 Å². The summed E-state index contributed by atoms with van der Waals surface area (Å²) in [7, 11) is 0. The van der Waals surface area contributed by atoms with Crippen molar-refractivity contribution in [1.82, 2.24) is 20.8 Å². The van der Waals surface area contributed by atoms with Crippen LogP contribution in [0, 0.1) is 5.41 Å². The Morgan fingerprint density at radius 1 is 1.38 bits per heavy atom. The minimum Gasteiger partial charge on any atom is -0.354 e. The lowest BCUT2D eigenvalue weighted by Gasteiger charge is -2.31. The molecule has 1 atom stereocenters. The standard InChI is InChI=1S/C17H28N4O3/c1-6-17(7-2)10-18-14(23)13(17)19-11(22)8-9-12-20-15(21-24-12)16(3,4)5/h13H,6-10H2,1-5H3,(H,18,23)(H,19,22). The van der Waals surface area contributed by atoms with Gasteiger partial charge >= 0.3 is 0 Å². The maximum Gasteiger partial charge on any atom is 0.243 e. The zero-order valence-electron chi connectivity index (χ0n) is 15.2. The van der Waals surface area contributed by atoms with E-state index in [0.717, 1.165) is 12.8 Å². The van der Waals surface area contributed by atoms with Crippen molar-refractivity contribution in [3.8, 4) is 0 Å². The summed E-state index contributed by atoms with van der Waals surface area (Å²) >= 11 is 0. The zero-order chi connectivity index (χ0) is 18.0. The van der Waals surface area contributed by atoms with E-state index in [9.17, 15) is 9.59 Å². The van der Waals surface area contributed by atoms with Crippen LogP contribution in [-0.4, -0.2) is 34.5 Å². The number of hydrogen-bond acceptors (Lipinski definition) is 5. The Bertz CT molecular complexity index is 599. The first-order chi connectivity index (χ1) is 11.2. The summed E-state index contributed by atoms with van der Waals surface area (Å²) in [4.78, 5) is 28.6. The quantitative estimate of drug-likeness (QED) is 0.824. The van der Waals surface area contributed by atoms with Crippen molar-refractivity contribution in [2.45, 2.75) is 71.8 Å². The van der Waals surface area contributed by atoms with E-state index in [1.165, 1.54) is 0 Å². The Labute approximate surface area is 143 Å². The molecule has 2 N–H and O–H groups in total. The van der Waals surface area contributed by atoms with Gasteiger partial charge in [0.15, 0.2) is 5.82 Å². The van der Waals surface area contributed by atoms with E-state index in [0.29, 0.717) is 24.7 Å². The highest BCUT2D eigenvalue weighted by molar-refractivity contribution is 5.90. The lowest BCUT2D eigenvalue weighted by Crippen LogP contribution is -2.48. The minimum atomic E-state index is -0.465. The average molecular weight is 336 g/mol. The molecule has 0 spiro atoms. The molecule has 2 heterocycles. The molecule has 7 nitrogen and oxygen atoms in total. The fraction of sp³-hybridized carbons (Fsp3) is 0.765. The number of rotatable bonds is 6. The Balaban J connectivity index is 1.93. The second-order valence-electron chi connectivity index (χ2n) is 7.55. The molecule has 2 rings (SSSR count). The maximum absolute atomic E-state index is 12.3. The molecule has 7 heteroatoms. The van der Waals surface area contributed by atoms with E-state index in [-0.39, 0.29) is 29.1 Å². The average Bonchev–Trinajstić information content (AvgIpc) is 3.12. The third-order valence-corrected chi connectivity index (χ3v) is 4.91. The molecule has 1 fully saturated rings. The number of carbonyl (C=O) groups is 2.